The summed E-state index contributed by atoms with van der Waals surface area (Å²) in [6, 6.07) is -0.683. The summed E-state index contributed by atoms with van der Waals surface area (Å²) in [6.45, 7) is 0. The SMILES string of the molecule is CSCCC(N)C(=O)O.[Ni]. The predicted molar refractivity (Wildman–Crippen MR) is 38.6 cm³/mol. The molecule has 0 heterocycles. The molecule has 0 aromatic carbocycles. The van der Waals surface area contributed by atoms with Gasteiger partial charge in [0, 0.05) is 16.5 Å². The average Bonchev–Trinajstić information content (AvgIpc) is 1.82. The molecule has 0 bridgehead atoms. The van der Waals surface area contributed by atoms with E-state index in [1.54, 1.807) is 11.8 Å². The smallest absolute Gasteiger partial charge is 0.320 e. The van der Waals surface area contributed by atoms with Gasteiger partial charge in [-0.3, -0.25) is 4.79 Å². The van der Waals surface area contributed by atoms with E-state index in [1.165, 1.54) is 0 Å². The van der Waals surface area contributed by atoms with Crippen LogP contribution in [0.15, 0.2) is 0 Å². The third kappa shape index (κ3) is 6.39. The van der Waals surface area contributed by atoms with Crippen LogP contribution in [0, 0.1) is 0 Å². The molecule has 0 aromatic heterocycles. The molecule has 1 unspecified atom stereocenters. The van der Waals surface area contributed by atoms with Gasteiger partial charge >= 0.3 is 5.97 Å². The van der Waals surface area contributed by atoms with Crippen molar-refractivity contribution < 1.29 is 26.4 Å². The van der Waals surface area contributed by atoms with Crippen LogP contribution < -0.4 is 5.73 Å². The molecule has 0 radical (unpaired) electrons. The van der Waals surface area contributed by atoms with Crippen LogP contribution in [0.2, 0.25) is 0 Å². The first-order valence-corrected chi connectivity index (χ1v) is 4.05. The molecule has 0 saturated heterocycles. The van der Waals surface area contributed by atoms with Gasteiger partial charge < -0.3 is 10.8 Å². The number of hydrogen-bond acceptors (Lipinski definition) is 3. The second-order valence-corrected chi connectivity index (χ2v) is 2.71. The van der Waals surface area contributed by atoms with Gasteiger partial charge in [0.15, 0.2) is 0 Å². The molecule has 5 heteroatoms. The van der Waals surface area contributed by atoms with Gasteiger partial charge in [-0.05, 0) is 18.4 Å². The topological polar surface area (TPSA) is 63.3 Å². The van der Waals surface area contributed by atoms with Crippen molar-refractivity contribution in [1.29, 1.82) is 0 Å². The van der Waals surface area contributed by atoms with Crippen LogP contribution in [0.25, 0.3) is 0 Å². The Hall–Kier alpha value is 0.274. The van der Waals surface area contributed by atoms with Crippen molar-refractivity contribution in [2.45, 2.75) is 12.5 Å². The first kappa shape index (κ1) is 12.9. The Morgan fingerprint density at radius 3 is 2.60 bits per heavy atom. The van der Waals surface area contributed by atoms with Crippen molar-refractivity contribution in [2.75, 3.05) is 12.0 Å². The Labute approximate surface area is 74.7 Å². The van der Waals surface area contributed by atoms with Crippen LogP contribution in [0.3, 0.4) is 0 Å². The number of carbonyl (C=O) groups is 1. The second kappa shape index (κ2) is 7.38. The Morgan fingerprint density at radius 2 is 2.30 bits per heavy atom. The van der Waals surface area contributed by atoms with Crippen molar-refractivity contribution >= 4 is 17.7 Å². The van der Waals surface area contributed by atoms with E-state index in [2.05, 4.69) is 0 Å². The Bertz CT molecular complexity index is 102. The minimum atomic E-state index is -0.913. The van der Waals surface area contributed by atoms with Gasteiger partial charge in [-0.15, -0.1) is 0 Å². The summed E-state index contributed by atoms with van der Waals surface area (Å²) < 4.78 is 0. The third-order valence-electron chi connectivity index (χ3n) is 0.950. The summed E-state index contributed by atoms with van der Waals surface area (Å²) in [5.41, 5.74) is 5.19. The van der Waals surface area contributed by atoms with Gasteiger partial charge in [0.05, 0.1) is 0 Å². The number of carboxylic acids is 1. The van der Waals surface area contributed by atoms with E-state index in [9.17, 15) is 4.79 Å². The van der Waals surface area contributed by atoms with Gasteiger partial charge in [-0.2, -0.15) is 11.8 Å². The Morgan fingerprint density at radius 1 is 1.80 bits per heavy atom. The molecule has 0 aliphatic carbocycles. The predicted octanol–water partition coefficient (Wildman–Crippen LogP) is 0.149. The molecule has 0 aliphatic rings. The molecule has 0 saturated carbocycles. The summed E-state index contributed by atoms with van der Waals surface area (Å²) in [7, 11) is 0. The summed E-state index contributed by atoms with van der Waals surface area (Å²) >= 11 is 1.60. The zero-order chi connectivity index (χ0) is 7.28. The molecule has 0 aromatic rings. The minimum Gasteiger partial charge on any atom is -0.480 e. The Kier molecular flexibility index (Phi) is 9.53. The van der Waals surface area contributed by atoms with E-state index in [0.717, 1.165) is 5.75 Å². The zero-order valence-electron chi connectivity index (χ0n) is 5.65. The van der Waals surface area contributed by atoms with Crippen molar-refractivity contribution in [1.82, 2.24) is 0 Å². The van der Waals surface area contributed by atoms with Crippen LogP contribution >= 0.6 is 11.8 Å². The van der Waals surface area contributed by atoms with Gasteiger partial charge in [0.2, 0.25) is 0 Å². The molecular formula is C5H11NNiO2S. The van der Waals surface area contributed by atoms with Gasteiger partial charge in [0.25, 0.3) is 0 Å². The molecule has 3 N–H and O–H groups in total. The summed E-state index contributed by atoms with van der Waals surface area (Å²) in [5, 5.41) is 8.27. The zero-order valence-corrected chi connectivity index (χ0v) is 7.45. The number of aliphatic carboxylic acids is 1. The summed E-state index contributed by atoms with van der Waals surface area (Å²) in [4.78, 5) is 10.1. The van der Waals surface area contributed by atoms with Gasteiger partial charge in [0.1, 0.15) is 6.04 Å². The van der Waals surface area contributed by atoms with Crippen LogP contribution in [0.1, 0.15) is 6.42 Å². The van der Waals surface area contributed by atoms with E-state index in [4.69, 9.17) is 10.8 Å². The van der Waals surface area contributed by atoms with Crippen molar-refractivity contribution in [3.63, 3.8) is 0 Å². The Balaban J connectivity index is 0. The largest absolute Gasteiger partial charge is 0.480 e. The van der Waals surface area contributed by atoms with E-state index < -0.39 is 12.0 Å². The van der Waals surface area contributed by atoms with Crippen LogP contribution in [-0.4, -0.2) is 29.1 Å². The number of thioether (sulfide) groups is 1. The summed E-state index contributed by atoms with van der Waals surface area (Å²) in [5.74, 6) is -0.1000. The number of carboxylic acid groups (broad SMARTS) is 1. The van der Waals surface area contributed by atoms with Crippen molar-refractivity contribution in [3.05, 3.63) is 0 Å². The third-order valence-corrected chi connectivity index (χ3v) is 1.59. The van der Waals surface area contributed by atoms with Crippen LogP contribution in [0.4, 0.5) is 0 Å². The van der Waals surface area contributed by atoms with E-state index in [-0.39, 0.29) is 16.5 Å². The van der Waals surface area contributed by atoms with Gasteiger partial charge in [-0.1, -0.05) is 0 Å². The average molecular weight is 208 g/mol. The van der Waals surface area contributed by atoms with E-state index in [0.29, 0.717) is 6.42 Å². The van der Waals surface area contributed by atoms with Crippen LogP contribution in [-0.2, 0) is 21.3 Å². The van der Waals surface area contributed by atoms with Gasteiger partial charge in [-0.25, -0.2) is 0 Å². The molecule has 10 heavy (non-hydrogen) atoms. The van der Waals surface area contributed by atoms with E-state index >= 15 is 0 Å². The van der Waals surface area contributed by atoms with E-state index in [1.807, 2.05) is 6.26 Å². The fraction of sp³-hybridized carbons (Fsp3) is 0.800. The molecule has 0 rings (SSSR count). The maximum absolute atomic E-state index is 10.1. The standard InChI is InChI=1S/C5H11NO2S.Ni/c1-9-3-2-4(6)5(7)8;/h4H,2-3,6H2,1H3,(H,7,8);. The number of hydrogen-bond donors (Lipinski definition) is 2. The monoisotopic (exact) mass is 207 g/mol. The quantitative estimate of drug-likeness (QED) is 0.645. The van der Waals surface area contributed by atoms with Crippen molar-refractivity contribution in [2.24, 2.45) is 5.73 Å². The molecule has 0 amide bonds. The molecule has 3 nitrogen and oxygen atoms in total. The number of nitrogens with two attached hydrogens (primary N) is 1. The molecule has 1 atom stereocenters. The maximum atomic E-state index is 10.1. The number of rotatable bonds is 4. The fourth-order valence-electron chi connectivity index (χ4n) is 0.368. The molecular weight excluding hydrogens is 197 g/mol. The molecule has 0 fully saturated rings. The normalized spacial score (nSPS) is 11.8. The fourth-order valence-corrected chi connectivity index (χ4v) is 0.858. The van der Waals surface area contributed by atoms with Crippen molar-refractivity contribution in [3.8, 4) is 0 Å². The minimum absolute atomic E-state index is 0. The maximum Gasteiger partial charge on any atom is 0.320 e. The summed E-state index contributed by atoms with van der Waals surface area (Å²) in [6.07, 6.45) is 2.48. The molecule has 64 valence electrons. The molecule has 0 spiro atoms. The molecule has 0 aliphatic heterocycles. The second-order valence-electron chi connectivity index (χ2n) is 1.73. The first-order chi connectivity index (χ1) is 4.18. The first-order valence-electron chi connectivity index (χ1n) is 2.65. The van der Waals surface area contributed by atoms with Crippen LogP contribution in [0.5, 0.6) is 0 Å².